The fourth-order valence-electron chi connectivity index (χ4n) is 1.69. The van der Waals surface area contributed by atoms with Crippen molar-refractivity contribution in [3.63, 3.8) is 0 Å². The molecule has 0 atom stereocenters. The molecule has 7 heteroatoms. The standard InChI is InChI=1S/C15H13Cl2NO3S/c1-18(8-11-3-2-6-22-11)14(19)9-21-15(20)12-5-4-10(16)7-13(12)17/h2-7H,8-9H2,1H3. The first-order valence-corrected chi connectivity index (χ1v) is 7.99. The molecule has 0 saturated carbocycles. The Labute approximate surface area is 142 Å². The van der Waals surface area contributed by atoms with Gasteiger partial charge in [0.1, 0.15) is 0 Å². The molecule has 0 saturated heterocycles. The monoisotopic (exact) mass is 357 g/mol. The van der Waals surface area contributed by atoms with E-state index < -0.39 is 5.97 Å². The summed E-state index contributed by atoms with van der Waals surface area (Å²) in [6, 6.07) is 8.31. The van der Waals surface area contributed by atoms with E-state index in [4.69, 9.17) is 27.9 Å². The van der Waals surface area contributed by atoms with E-state index in [1.54, 1.807) is 18.4 Å². The zero-order valence-corrected chi connectivity index (χ0v) is 14.0. The molecule has 4 nitrogen and oxygen atoms in total. The third-order valence-corrected chi connectivity index (χ3v) is 4.29. The van der Waals surface area contributed by atoms with E-state index in [0.717, 1.165) is 4.88 Å². The first-order chi connectivity index (χ1) is 10.5. The van der Waals surface area contributed by atoms with E-state index in [-0.39, 0.29) is 23.1 Å². The number of rotatable bonds is 5. The zero-order valence-electron chi connectivity index (χ0n) is 11.7. The number of carbonyl (C=O) groups excluding carboxylic acids is 2. The Morgan fingerprint density at radius 1 is 1.27 bits per heavy atom. The molecule has 0 unspecified atom stereocenters. The lowest BCUT2D eigenvalue weighted by atomic mass is 10.2. The molecule has 1 aromatic heterocycles. The minimum atomic E-state index is -0.653. The van der Waals surface area contributed by atoms with Crippen molar-refractivity contribution in [2.24, 2.45) is 0 Å². The molecule has 1 heterocycles. The topological polar surface area (TPSA) is 46.6 Å². The summed E-state index contributed by atoms with van der Waals surface area (Å²) >= 11 is 13.2. The molecule has 2 aromatic rings. The van der Waals surface area contributed by atoms with E-state index in [1.807, 2.05) is 17.5 Å². The van der Waals surface area contributed by atoms with Crippen molar-refractivity contribution in [2.45, 2.75) is 6.54 Å². The van der Waals surface area contributed by atoms with Gasteiger partial charge >= 0.3 is 5.97 Å². The van der Waals surface area contributed by atoms with Gasteiger partial charge in [0.05, 0.1) is 17.1 Å². The van der Waals surface area contributed by atoms with Crippen molar-refractivity contribution in [1.82, 2.24) is 4.90 Å². The van der Waals surface area contributed by atoms with Gasteiger partial charge in [0.15, 0.2) is 6.61 Å². The van der Waals surface area contributed by atoms with Gasteiger partial charge in [0.2, 0.25) is 0 Å². The second-order valence-electron chi connectivity index (χ2n) is 4.53. The van der Waals surface area contributed by atoms with E-state index >= 15 is 0 Å². The molecule has 1 amide bonds. The molecule has 0 bridgehead atoms. The molecule has 22 heavy (non-hydrogen) atoms. The van der Waals surface area contributed by atoms with Crippen molar-refractivity contribution < 1.29 is 14.3 Å². The summed E-state index contributed by atoms with van der Waals surface area (Å²) in [6.07, 6.45) is 0. The summed E-state index contributed by atoms with van der Waals surface area (Å²) in [6.45, 7) is 0.148. The van der Waals surface area contributed by atoms with Crippen LogP contribution >= 0.6 is 34.5 Å². The Hall–Kier alpha value is -1.56. The van der Waals surface area contributed by atoms with Crippen molar-refractivity contribution in [3.05, 3.63) is 56.2 Å². The maximum absolute atomic E-state index is 11.9. The van der Waals surface area contributed by atoms with Gasteiger partial charge in [0.25, 0.3) is 5.91 Å². The van der Waals surface area contributed by atoms with Gasteiger partial charge in [-0.1, -0.05) is 29.3 Å². The van der Waals surface area contributed by atoms with Gasteiger partial charge in [0, 0.05) is 16.9 Å². The summed E-state index contributed by atoms with van der Waals surface area (Å²) < 4.78 is 5.00. The first kappa shape index (κ1) is 16.8. The average Bonchev–Trinajstić information content (AvgIpc) is 2.97. The van der Waals surface area contributed by atoms with Crippen LogP contribution in [0.25, 0.3) is 0 Å². The third kappa shape index (κ3) is 4.47. The van der Waals surface area contributed by atoms with Crippen LogP contribution in [-0.2, 0) is 16.1 Å². The molecule has 1 aromatic carbocycles. The van der Waals surface area contributed by atoms with Crippen molar-refractivity contribution in [1.29, 1.82) is 0 Å². The molecule has 2 rings (SSSR count). The molecule has 116 valence electrons. The van der Waals surface area contributed by atoms with Crippen LogP contribution in [0.5, 0.6) is 0 Å². The van der Waals surface area contributed by atoms with E-state index in [9.17, 15) is 9.59 Å². The highest BCUT2D eigenvalue weighted by Crippen LogP contribution is 2.21. The normalized spacial score (nSPS) is 10.3. The number of ether oxygens (including phenoxy) is 1. The van der Waals surface area contributed by atoms with Gasteiger partial charge in [-0.05, 0) is 29.6 Å². The first-order valence-electron chi connectivity index (χ1n) is 6.36. The lowest BCUT2D eigenvalue weighted by Gasteiger charge is -2.16. The number of benzene rings is 1. The fraction of sp³-hybridized carbons (Fsp3) is 0.200. The predicted molar refractivity (Wildman–Crippen MR) is 87.5 cm³/mol. The lowest BCUT2D eigenvalue weighted by Crippen LogP contribution is -2.30. The van der Waals surface area contributed by atoms with Crippen LogP contribution in [-0.4, -0.2) is 30.4 Å². The highest BCUT2D eigenvalue weighted by Gasteiger charge is 2.16. The minimum absolute atomic E-state index is 0.180. The molecule has 0 spiro atoms. The van der Waals surface area contributed by atoms with Gasteiger partial charge in [-0.3, -0.25) is 4.79 Å². The maximum atomic E-state index is 11.9. The van der Waals surface area contributed by atoms with E-state index in [2.05, 4.69) is 0 Å². The number of halogens is 2. The van der Waals surface area contributed by atoms with E-state index in [0.29, 0.717) is 11.6 Å². The third-order valence-electron chi connectivity index (χ3n) is 2.88. The number of carbonyl (C=O) groups is 2. The Kier molecular flexibility index (Phi) is 5.83. The quantitative estimate of drug-likeness (QED) is 0.763. The van der Waals surface area contributed by atoms with Gasteiger partial charge in [-0.2, -0.15) is 0 Å². The number of nitrogens with zero attached hydrogens (tertiary/aromatic N) is 1. The average molecular weight is 358 g/mol. The summed E-state index contributed by atoms with van der Waals surface area (Å²) in [5, 5.41) is 2.56. The van der Waals surface area contributed by atoms with Crippen molar-refractivity contribution >= 4 is 46.4 Å². The largest absolute Gasteiger partial charge is 0.452 e. The zero-order chi connectivity index (χ0) is 16.1. The Bertz CT molecular complexity index is 673. The number of thiophene rings is 1. The highest BCUT2D eigenvalue weighted by molar-refractivity contribution is 7.09. The van der Waals surface area contributed by atoms with Gasteiger partial charge < -0.3 is 9.64 Å². The summed E-state index contributed by atoms with van der Waals surface area (Å²) in [4.78, 5) is 26.4. The second-order valence-corrected chi connectivity index (χ2v) is 6.41. The molecule has 0 fully saturated rings. The summed E-state index contributed by atoms with van der Waals surface area (Å²) in [7, 11) is 1.66. The summed E-state index contributed by atoms with van der Waals surface area (Å²) in [5.74, 6) is -0.939. The molecule has 0 N–H and O–H groups in total. The molecule has 0 aliphatic heterocycles. The molecular weight excluding hydrogens is 345 g/mol. The lowest BCUT2D eigenvalue weighted by molar-refractivity contribution is -0.133. The van der Waals surface area contributed by atoms with Crippen molar-refractivity contribution in [2.75, 3.05) is 13.7 Å². The van der Waals surface area contributed by atoms with Gasteiger partial charge in [-0.25, -0.2) is 4.79 Å². The Morgan fingerprint density at radius 2 is 2.05 bits per heavy atom. The number of hydrogen-bond acceptors (Lipinski definition) is 4. The number of likely N-dealkylation sites (N-methyl/N-ethyl adjacent to an activating group) is 1. The number of hydrogen-bond donors (Lipinski definition) is 0. The summed E-state index contributed by atoms with van der Waals surface area (Å²) in [5.41, 5.74) is 0.180. The SMILES string of the molecule is CN(Cc1cccs1)C(=O)COC(=O)c1ccc(Cl)cc1Cl. The smallest absolute Gasteiger partial charge is 0.340 e. The number of amides is 1. The second kappa shape index (κ2) is 7.63. The Morgan fingerprint density at radius 3 is 2.68 bits per heavy atom. The van der Waals surface area contributed by atoms with Crippen LogP contribution in [0.2, 0.25) is 10.0 Å². The van der Waals surface area contributed by atoms with Gasteiger partial charge in [-0.15, -0.1) is 11.3 Å². The molecule has 0 aliphatic carbocycles. The van der Waals surface area contributed by atoms with Crippen LogP contribution in [0.1, 0.15) is 15.2 Å². The molecule has 0 aliphatic rings. The highest BCUT2D eigenvalue weighted by atomic mass is 35.5. The van der Waals surface area contributed by atoms with Crippen LogP contribution in [0.3, 0.4) is 0 Å². The van der Waals surface area contributed by atoms with Crippen molar-refractivity contribution in [3.8, 4) is 0 Å². The van der Waals surface area contributed by atoms with Crippen LogP contribution in [0.15, 0.2) is 35.7 Å². The van der Waals surface area contributed by atoms with E-state index in [1.165, 1.54) is 23.1 Å². The van der Waals surface area contributed by atoms with Crippen LogP contribution in [0.4, 0.5) is 0 Å². The number of esters is 1. The van der Waals surface area contributed by atoms with Crippen LogP contribution < -0.4 is 0 Å². The minimum Gasteiger partial charge on any atom is -0.452 e. The van der Waals surface area contributed by atoms with Crippen LogP contribution in [0, 0.1) is 0 Å². The maximum Gasteiger partial charge on any atom is 0.340 e. The predicted octanol–water partition coefficient (Wildman–Crippen LogP) is 3.87. The molecule has 0 radical (unpaired) electrons. The molecular formula is C15H13Cl2NO3S. The Balaban J connectivity index is 1.88. The fourth-order valence-corrected chi connectivity index (χ4v) is 2.94.